The lowest BCUT2D eigenvalue weighted by atomic mass is 10.0. The summed E-state index contributed by atoms with van der Waals surface area (Å²) in [4.78, 5) is 22.5. The molecule has 86 valence electrons. The number of carbonyl (C=O) groups is 2. The van der Waals surface area contributed by atoms with Gasteiger partial charge < -0.3 is 9.47 Å². The highest BCUT2D eigenvalue weighted by Crippen LogP contribution is 2.23. The highest BCUT2D eigenvalue weighted by atomic mass is 16.5. The zero-order valence-corrected chi connectivity index (χ0v) is 9.57. The van der Waals surface area contributed by atoms with E-state index in [9.17, 15) is 9.59 Å². The fourth-order valence-corrected chi connectivity index (χ4v) is 1.43. The van der Waals surface area contributed by atoms with Gasteiger partial charge in [0.05, 0.1) is 24.8 Å². The van der Waals surface area contributed by atoms with E-state index in [4.69, 9.17) is 9.47 Å². The Kier molecular flexibility index (Phi) is 4.05. The normalized spacial score (nSPS) is 9.69. The second-order valence-corrected chi connectivity index (χ2v) is 3.27. The fourth-order valence-electron chi connectivity index (χ4n) is 1.43. The summed E-state index contributed by atoms with van der Waals surface area (Å²) < 4.78 is 9.92. The molecule has 0 aliphatic heterocycles. The molecule has 0 radical (unpaired) electrons. The minimum atomic E-state index is -0.508. The molecule has 0 N–H and O–H groups in total. The van der Waals surface area contributed by atoms with Crippen molar-refractivity contribution in [1.82, 2.24) is 0 Å². The van der Waals surface area contributed by atoms with E-state index in [1.807, 2.05) is 6.92 Å². The van der Waals surface area contributed by atoms with Crippen LogP contribution in [0.2, 0.25) is 0 Å². The van der Waals surface area contributed by atoms with E-state index in [2.05, 4.69) is 0 Å². The minimum Gasteiger partial charge on any atom is -0.496 e. The van der Waals surface area contributed by atoms with Gasteiger partial charge >= 0.3 is 5.97 Å². The number of methoxy groups -OCH3 is 1. The van der Waals surface area contributed by atoms with Crippen molar-refractivity contribution in [3.05, 3.63) is 28.8 Å². The molecule has 4 nitrogen and oxygen atoms in total. The molecule has 0 atom stereocenters. The highest BCUT2D eigenvalue weighted by molar-refractivity contribution is 6.00. The summed E-state index contributed by atoms with van der Waals surface area (Å²) in [6.45, 7) is 3.80. The average Bonchev–Trinajstić information content (AvgIpc) is 2.28. The van der Waals surface area contributed by atoms with E-state index in [0.29, 0.717) is 12.0 Å². The van der Waals surface area contributed by atoms with Crippen LogP contribution < -0.4 is 4.74 Å². The lowest BCUT2D eigenvalue weighted by Crippen LogP contribution is -2.09. The van der Waals surface area contributed by atoms with Gasteiger partial charge in [0.25, 0.3) is 0 Å². The highest BCUT2D eigenvalue weighted by Gasteiger charge is 2.17. The first-order valence-corrected chi connectivity index (χ1v) is 4.95. The number of esters is 1. The molecule has 1 aromatic carbocycles. The molecule has 0 fully saturated rings. The number of ether oxygens (including phenoxy) is 2. The average molecular weight is 222 g/mol. The standard InChI is InChI=1S/C12H14O4/c1-4-16-12(14)9-5-8(2)6-11(15-3)10(9)7-13/h5-7H,4H2,1-3H3. The second-order valence-electron chi connectivity index (χ2n) is 3.27. The molecule has 4 heteroatoms. The monoisotopic (exact) mass is 222 g/mol. The third kappa shape index (κ3) is 2.39. The van der Waals surface area contributed by atoms with Gasteiger partial charge in [0.15, 0.2) is 6.29 Å². The Bertz CT molecular complexity index is 410. The summed E-state index contributed by atoms with van der Waals surface area (Å²) in [5.74, 6) is -0.121. The van der Waals surface area contributed by atoms with Crippen LogP contribution in [0, 0.1) is 6.92 Å². The first kappa shape index (κ1) is 12.2. The van der Waals surface area contributed by atoms with E-state index in [0.717, 1.165) is 5.56 Å². The van der Waals surface area contributed by atoms with Gasteiger partial charge in [0.1, 0.15) is 5.75 Å². The summed E-state index contributed by atoms with van der Waals surface area (Å²) in [5, 5.41) is 0. The molecule has 0 aromatic heterocycles. The van der Waals surface area contributed by atoms with Crippen molar-refractivity contribution in [2.75, 3.05) is 13.7 Å². The van der Waals surface area contributed by atoms with Crippen LogP contribution in [0.15, 0.2) is 12.1 Å². The summed E-state index contributed by atoms with van der Waals surface area (Å²) in [7, 11) is 1.46. The minimum absolute atomic E-state index is 0.228. The topological polar surface area (TPSA) is 52.6 Å². The molecule has 0 heterocycles. The molecule has 0 bridgehead atoms. The molecule has 1 aromatic rings. The van der Waals surface area contributed by atoms with Crippen molar-refractivity contribution in [1.29, 1.82) is 0 Å². The Morgan fingerprint density at radius 2 is 2.12 bits per heavy atom. The third-order valence-electron chi connectivity index (χ3n) is 2.12. The van der Waals surface area contributed by atoms with Crippen LogP contribution in [-0.2, 0) is 4.74 Å². The maximum Gasteiger partial charge on any atom is 0.338 e. The Balaban J connectivity index is 3.30. The molecule has 0 aliphatic rings. The molecular formula is C12H14O4. The lowest BCUT2D eigenvalue weighted by molar-refractivity contribution is 0.0523. The summed E-state index contributed by atoms with van der Waals surface area (Å²) >= 11 is 0. The summed E-state index contributed by atoms with van der Waals surface area (Å²) in [6.07, 6.45) is 0.602. The van der Waals surface area contributed by atoms with Gasteiger partial charge in [0, 0.05) is 0 Å². The largest absolute Gasteiger partial charge is 0.496 e. The predicted molar refractivity (Wildman–Crippen MR) is 59.1 cm³/mol. The Morgan fingerprint density at radius 1 is 1.44 bits per heavy atom. The number of hydrogen-bond donors (Lipinski definition) is 0. The van der Waals surface area contributed by atoms with E-state index < -0.39 is 5.97 Å². The van der Waals surface area contributed by atoms with E-state index >= 15 is 0 Å². The molecule has 1 rings (SSSR count). The number of carbonyl (C=O) groups excluding carboxylic acids is 2. The molecule has 0 saturated heterocycles. The number of hydrogen-bond acceptors (Lipinski definition) is 4. The third-order valence-corrected chi connectivity index (χ3v) is 2.12. The van der Waals surface area contributed by atoms with Gasteiger partial charge in [-0.05, 0) is 31.5 Å². The van der Waals surface area contributed by atoms with Crippen LogP contribution in [0.1, 0.15) is 33.2 Å². The predicted octanol–water partition coefficient (Wildman–Crippen LogP) is 1.99. The maximum atomic E-state index is 11.6. The zero-order chi connectivity index (χ0) is 12.1. The van der Waals surface area contributed by atoms with Crippen molar-refractivity contribution < 1.29 is 19.1 Å². The molecule has 0 amide bonds. The molecule has 0 unspecified atom stereocenters. The second kappa shape index (κ2) is 5.30. The van der Waals surface area contributed by atoms with Crippen LogP contribution in [0.25, 0.3) is 0 Å². The van der Waals surface area contributed by atoms with Crippen LogP contribution in [0.3, 0.4) is 0 Å². The number of benzene rings is 1. The maximum absolute atomic E-state index is 11.6. The van der Waals surface area contributed by atoms with Crippen molar-refractivity contribution in [3.8, 4) is 5.75 Å². The van der Waals surface area contributed by atoms with Crippen LogP contribution >= 0.6 is 0 Å². The van der Waals surface area contributed by atoms with E-state index in [-0.39, 0.29) is 17.7 Å². The number of aryl methyl sites for hydroxylation is 1. The van der Waals surface area contributed by atoms with Gasteiger partial charge in [-0.3, -0.25) is 4.79 Å². The van der Waals surface area contributed by atoms with Gasteiger partial charge in [-0.25, -0.2) is 4.79 Å². The Morgan fingerprint density at radius 3 is 2.62 bits per heavy atom. The Labute approximate surface area is 94.2 Å². The first-order valence-electron chi connectivity index (χ1n) is 4.95. The molecule has 0 saturated carbocycles. The van der Waals surface area contributed by atoms with Crippen molar-refractivity contribution in [2.24, 2.45) is 0 Å². The van der Waals surface area contributed by atoms with Crippen LogP contribution in [0.4, 0.5) is 0 Å². The van der Waals surface area contributed by atoms with Gasteiger partial charge in [-0.2, -0.15) is 0 Å². The van der Waals surface area contributed by atoms with Gasteiger partial charge in [0.2, 0.25) is 0 Å². The number of aldehydes is 1. The molecule has 0 spiro atoms. The first-order chi connectivity index (χ1) is 7.63. The number of rotatable bonds is 4. The van der Waals surface area contributed by atoms with E-state index in [1.54, 1.807) is 19.1 Å². The van der Waals surface area contributed by atoms with Crippen LogP contribution in [0.5, 0.6) is 5.75 Å². The molecule has 16 heavy (non-hydrogen) atoms. The zero-order valence-electron chi connectivity index (χ0n) is 9.57. The molecule has 0 aliphatic carbocycles. The SMILES string of the molecule is CCOC(=O)c1cc(C)cc(OC)c1C=O. The summed E-state index contributed by atoms with van der Waals surface area (Å²) in [5.41, 5.74) is 1.31. The fraction of sp³-hybridized carbons (Fsp3) is 0.333. The summed E-state index contributed by atoms with van der Waals surface area (Å²) in [6, 6.07) is 3.32. The van der Waals surface area contributed by atoms with Gasteiger partial charge in [-0.1, -0.05) is 0 Å². The quantitative estimate of drug-likeness (QED) is 0.577. The van der Waals surface area contributed by atoms with E-state index in [1.165, 1.54) is 7.11 Å². The van der Waals surface area contributed by atoms with Crippen LogP contribution in [-0.4, -0.2) is 26.0 Å². The smallest absolute Gasteiger partial charge is 0.338 e. The Hall–Kier alpha value is -1.84. The van der Waals surface area contributed by atoms with Crippen molar-refractivity contribution >= 4 is 12.3 Å². The van der Waals surface area contributed by atoms with Crippen molar-refractivity contribution in [2.45, 2.75) is 13.8 Å². The molecular weight excluding hydrogens is 208 g/mol. The van der Waals surface area contributed by atoms with Gasteiger partial charge in [-0.15, -0.1) is 0 Å². The van der Waals surface area contributed by atoms with Crippen molar-refractivity contribution in [3.63, 3.8) is 0 Å². The lowest BCUT2D eigenvalue weighted by Gasteiger charge is -2.10.